The van der Waals surface area contributed by atoms with Gasteiger partial charge in [-0.25, -0.2) is 4.39 Å². The first-order valence-electron chi connectivity index (χ1n) is 46.7. The van der Waals surface area contributed by atoms with Crippen molar-refractivity contribution in [2.24, 2.45) is 11.8 Å². The average Bonchev–Trinajstić information content (AvgIpc) is 0.728. The molecule has 0 amide bonds. The number of benzene rings is 15. The third-order valence-electron chi connectivity index (χ3n) is 25.5. The second kappa shape index (κ2) is 40.0. The molecule has 4 heterocycles. The lowest BCUT2D eigenvalue weighted by atomic mass is 9.93. The topological polar surface area (TPSA) is 99.8 Å². The van der Waals surface area contributed by atoms with E-state index in [-0.39, 0.29) is 11.9 Å². The first-order valence-corrected chi connectivity index (χ1v) is 46.7. The summed E-state index contributed by atoms with van der Waals surface area (Å²) < 4.78 is 62.2. The van der Waals surface area contributed by atoms with E-state index in [1.54, 1.807) is 41.6 Å². The lowest BCUT2D eigenvalue weighted by Crippen LogP contribution is -2.37. The quantitative estimate of drug-likeness (QED) is 0.0682. The SMILES string of the molecule is COc1ccc2ccccc2c1-c1ccc2c(c1)N(CC(C)C)c1c(C)cc(F)c(C)c1N2CC(C)C.COc1cccc(OC(C)C)c1-c1ccc2c(c1)N(C(C)C)c1c(C)cccc1N2C(C)C.COc1cccc(OC)c1-c1ccc2c(c1)N(C)c1c(C)cc(Oc3ccccc3)cc1N2C.COc1cccc2c1N(C)c1ccc(-c3ccccc3Oc3ccccc3)cc1N2C. The van der Waals surface area contributed by atoms with Crippen molar-refractivity contribution in [1.82, 2.24) is 0 Å². The highest BCUT2D eigenvalue weighted by atomic mass is 19.1. The minimum atomic E-state index is -0.143. The zero-order valence-corrected chi connectivity index (χ0v) is 82.2. The van der Waals surface area contributed by atoms with Crippen LogP contribution in [0, 0.1) is 45.3 Å². The molecule has 16 nitrogen and oxygen atoms in total. The Morgan fingerprint density at radius 3 is 1.36 bits per heavy atom. The highest BCUT2D eigenvalue weighted by Gasteiger charge is 2.38. The molecule has 0 bridgehead atoms. The molecule has 19 rings (SSSR count). The molecule has 15 aromatic rings. The Hall–Kier alpha value is -14.7. The molecule has 4 aliphatic heterocycles. The lowest BCUT2D eigenvalue weighted by molar-refractivity contribution is 0.242. The summed E-state index contributed by atoms with van der Waals surface area (Å²) >= 11 is 0. The molecule has 17 heteroatoms. The van der Waals surface area contributed by atoms with Crippen LogP contribution in [0.2, 0.25) is 0 Å². The van der Waals surface area contributed by atoms with Crippen molar-refractivity contribution in [3.05, 3.63) is 313 Å². The van der Waals surface area contributed by atoms with Gasteiger partial charge in [0, 0.05) is 76.1 Å². The Balaban J connectivity index is 0.000000131. The Morgan fingerprint density at radius 2 is 0.741 bits per heavy atom. The van der Waals surface area contributed by atoms with Crippen molar-refractivity contribution in [2.75, 3.05) is 116 Å². The summed E-state index contributed by atoms with van der Waals surface area (Å²) in [4.78, 5) is 18.6. The molecule has 0 saturated carbocycles. The fourth-order valence-electron chi connectivity index (χ4n) is 19.5. The zero-order chi connectivity index (χ0) is 95.5. The maximum absolute atomic E-state index is 15.1. The Bertz CT molecular complexity index is 6810. The van der Waals surface area contributed by atoms with Crippen LogP contribution in [0.1, 0.15) is 91.5 Å². The molecule has 0 saturated heterocycles. The number of para-hydroxylation sites is 5. The largest absolute Gasteiger partial charge is 0.496 e. The number of nitrogens with zero attached hydrogens (tertiary/aromatic N) is 8. The average molecular weight is 1800 g/mol. The summed E-state index contributed by atoms with van der Waals surface area (Å²) in [6.45, 7) is 32.0. The van der Waals surface area contributed by atoms with Crippen LogP contribution in [0.15, 0.2) is 285 Å². The molecular weight excluding hydrogens is 1680 g/mol. The van der Waals surface area contributed by atoms with Crippen molar-refractivity contribution < 1.29 is 42.3 Å². The van der Waals surface area contributed by atoms with E-state index in [2.05, 4.69) is 302 Å². The van der Waals surface area contributed by atoms with Gasteiger partial charge in [-0.05, 0) is 270 Å². The second-order valence-corrected chi connectivity index (χ2v) is 36.6. The predicted molar refractivity (Wildman–Crippen MR) is 562 cm³/mol. The molecule has 0 aliphatic carbocycles. The van der Waals surface area contributed by atoms with E-state index in [0.29, 0.717) is 29.5 Å². The van der Waals surface area contributed by atoms with Gasteiger partial charge in [-0.3, -0.25) is 0 Å². The number of fused-ring (bicyclic) bond motifs is 9. The van der Waals surface area contributed by atoms with Crippen LogP contribution in [0.25, 0.3) is 55.3 Å². The fraction of sp³-hybridized carbons (Fsp3) is 0.254. The van der Waals surface area contributed by atoms with Crippen molar-refractivity contribution in [2.45, 2.75) is 115 Å². The second-order valence-electron chi connectivity index (χ2n) is 36.6. The highest BCUT2D eigenvalue weighted by Crippen LogP contribution is 2.59. The molecular formula is C118H125FN8O8. The van der Waals surface area contributed by atoms with Crippen LogP contribution in [0.5, 0.6) is 57.5 Å². The van der Waals surface area contributed by atoms with Crippen LogP contribution in [-0.2, 0) is 0 Å². The van der Waals surface area contributed by atoms with Gasteiger partial charge in [-0.2, -0.15) is 0 Å². The molecule has 0 radical (unpaired) electrons. The van der Waals surface area contributed by atoms with Gasteiger partial charge in [0.1, 0.15) is 69.0 Å². The first-order chi connectivity index (χ1) is 65.1. The van der Waals surface area contributed by atoms with Gasteiger partial charge in [0.05, 0.1) is 138 Å². The number of rotatable bonds is 21. The molecule has 0 unspecified atom stereocenters. The Labute approximate surface area is 797 Å². The summed E-state index contributed by atoms with van der Waals surface area (Å²) in [5.41, 5.74) is 30.8. The number of halogens is 1. The van der Waals surface area contributed by atoms with Crippen molar-refractivity contribution >= 4 is 102 Å². The molecule has 0 fully saturated rings. The molecule has 15 aromatic carbocycles. The number of ether oxygens (including phenoxy) is 8. The monoisotopic (exact) mass is 1800 g/mol. The summed E-state index contributed by atoms with van der Waals surface area (Å²) in [6, 6.07) is 98.1. The van der Waals surface area contributed by atoms with Gasteiger partial charge in [-0.15, -0.1) is 0 Å². The van der Waals surface area contributed by atoms with Crippen LogP contribution >= 0.6 is 0 Å². The molecule has 0 atom stereocenters. The van der Waals surface area contributed by atoms with Crippen LogP contribution in [-0.4, -0.2) is 95.0 Å². The molecule has 692 valence electrons. The van der Waals surface area contributed by atoms with Gasteiger partial charge in [0.25, 0.3) is 0 Å². The standard InChI is InChI=1S/C33H37FN2O.C29H28N2O3.C29H36N2O2.C27H24N2O2/c1-20(2)18-35-28-14-12-25(31-26-11-9-8-10-24(26)13-15-30(31)37-7)17-29(28)36(19-21(3)4)32-22(5)16-27(34)23(6)33(32)35;1-19-16-22(34-21-10-7-6-8-11-21)18-25-29(19)31(3)24-17-20(14-15-23(24)30(25)2)28-26(32-4)12-9-13-27(28)33-5;1-18(2)30-23-16-15-22(28-26(32-8)13-10-14-27(28)33-20(5)6)17-25(23)31(19(3)4)29-21(7)11-9-12-24(29)30;1-28-23-13-9-15-26(30-3)27(23)29(2)22-17-16-19(18-24(22)28)21-12-7-8-14-25(21)31-20-10-5-4-6-11-20/h8-17,20-21H,18-19H2,1-7H3;6-18H,1-5H3;9-20H,1-8H3;4-18H,1-3H3. The van der Waals surface area contributed by atoms with Crippen LogP contribution < -0.4 is 77.1 Å². The number of aryl methyl sites for hydroxylation is 3. The minimum absolute atomic E-state index is 0.0756. The number of methoxy groups -OCH3 is 5. The van der Waals surface area contributed by atoms with Gasteiger partial charge in [-0.1, -0.05) is 167 Å². The van der Waals surface area contributed by atoms with Crippen molar-refractivity contribution in [1.29, 1.82) is 0 Å². The minimum Gasteiger partial charge on any atom is -0.496 e. The third kappa shape index (κ3) is 18.4. The van der Waals surface area contributed by atoms with E-state index < -0.39 is 0 Å². The smallest absolute Gasteiger partial charge is 0.144 e. The van der Waals surface area contributed by atoms with Gasteiger partial charge >= 0.3 is 0 Å². The molecule has 0 N–H and O–H groups in total. The van der Waals surface area contributed by atoms with Crippen LogP contribution in [0.4, 0.5) is 95.4 Å². The van der Waals surface area contributed by atoms with E-state index in [1.807, 2.05) is 141 Å². The highest BCUT2D eigenvalue weighted by molar-refractivity contribution is 6.05. The summed E-state index contributed by atoms with van der Waals surface area (Å²) in [5.74, 6) is 8.95. The normalized spacial score (nSPS) is 12.6. The Morgan fingerprint density at radius 1 is 0.281 bits per heavy atom. The van der Waals surface area contributed by atoms with Crippen LogP contribution in [0.3, 0.4) is 0 Å². The fourth-order valence-corrected chi connectivity index (χ4v) is 19.5. The number of hydrogen-bond acceptors (Lipinski definition) is 16. The van der Waals surface area contributed by atoms with Gasteiger partial charge < -0.3 is 77.1 Å². The summed E-state index contributed by atoms with van der Waals surface area (Å²) in [5, 5.41) is 2.35. The van der Waals surface area contributed by atoms with Crippen molar-refractivity contribution in [3.63, 3.8) is 0 Å². The van der Waals surface area contributed by atoms with Crippen molar-refractivity contribution in [3.8, 4) is 102 Å². The lowest BCUT2D eigenvalue weighted by Gasteiger charge is -2.45. The summed E-state index contributed by atoms with van der Waals surface area (Å²) in [7, 11) is 16.9. The van der Waals surface area contributed by atoms with E-state index in [1.165, 1.54) is 39.1 Å². The zero-order valence-electron chi connectivity index (χ0n) is 82.2. The predicted octanol–water partition coefficient (Wildman–Crippen LogP) is 31.4. The van der Waals surface area contributed by atoms with E-state index >= 15 is 4.39 Å². The summed E-state index contributed by atoms with van der Waals surface area (Å²) in [6.07, 6.45) is 0.0756. The van der Waals surface area contributed by atoms with E-state index in [9.17, 15) is 0 Å². The molecule has 0 aromatic heterocycles. The maximum atomic E-state index is 15.1. The Kier molecular flexibility index (Phi) is 27.7. The van der Waals surface area contributed by atoms with Gasteiger partial charge in [0.15, 0.2) is 0 Å². The molecule has 0 spiro atoms. The van der Waals surface area contributed by atoms with E-state index in [4.69, 9.17) is 37.9 Å². The number of hydrogen-bond donors (Lipinski definition) is 0. The van der Waals surface area contributed by atoms with E-state index in [0.717, 1.165) is 194 Å². The number of anilines is 16. The maximum Gasteiger partial charge on any atom is 0.144 e. The van der Waals surface area contributed by atoms with Gasteiger partial charge in [0.2, 0.25) is 0 Å². The molecule has 4 aliphatic rings. The molecule has 135 heavy (non-hydrogen) atoms. The first kappa shape index (κ1) is 93.5. The third-order valence-corrected chi connectivity index (χ3v) is 25.5.